The molecule has 0 radical (unpaired) electrons. The first-order valence-corrected chi connectivity index (χ1v) is 11.8. The maximum absolute atomic E-state index is 11.7. The van der Waals surface area contributed by atoms with Crippen LogP contribution in [0.25, 0.3) is 33.4 Å². The Morgan fingerprint density at radius 1 is 1.14 bits per heavy atom. The first-order chi connectivity index (χ1) is 17.1. The first-order valence-electron chi connectivity index (χ1n) is 11.4. The number of carbonyl (C=O) groups excluding carboxylic acids is 1. The fraction of sp³-hybridized carbons (Fsp3) is 0.222. The lowest BCUT2D eigenvalue weighted by Gasteiger charge is -2.32. The molecule has 4 aromatic rings. The summed E-state index contributed by atoms with van der Waals surface area (Å²) in [5.41, 5.74) is 4.95. The van der Waals surface area contributed by atoms with Crippen molar-refractivity contribution in [3.05, 3.63) is 71.4 Å². The Balaban J connectivity index is 1.40. The highest BCUT2D eigenvalue weighted by Gasteiger charge is 2.24. The summed E-state index contributed by atoms with van der Waals surface area (Å²) in [6.07, 6.45) is 2.95. The van der Waals surface area contributed by atoms with E-state index >= 15 is 0 Å². The van der Waals surface area contributed by atoms with Crippen LogP contribution in [0.3, 0.4) is 0 Å². The van der Waals surface area contributed by atoms with Gasteiger partial charge in [0.15, 0.2) is 0 Å². The molecular weight excluding hydrogens is 464 g/mol. The molecule has 5 rings (SSSR count). The van der Waals surface area contributed by atoms with E-state index in [0.717, 1.165) is 33.4 Å². The van der Waals surface area contributed by atoms with Crippen LogP contribution in [0.4, 0.5) is 0 Å². The van der Waals surface area contributed by atoms with Gasteiger partial charge in [0.25, 0.3) is 0 Å². The molecule has 1 saturated heterocycles. The molecule has 176 valence electrons. The average Bonchev–Trinajstić information content (AvgIpc) is 3.34. The number of rotatable bonds is 5. The number of piperidine rings is 1. The van der Waals surface area contributed by atoms with Crippen molar-refractivity contribution in [3.63, 3.8) is 0 Å². The lowest BCUT2D eigenvalue weighted by molar-refractivity contribution is -0.135. The van der Waals surface area contributed by atoms with Gasteiger partial charge in [0.05, 0.1) is 11.3 Å². The van der Waals surface area contributed by atoms with Gasteiger partial charge < -0.3 is 19.7 Å². The molecule has 0 bridgehead atoms. The molecule has 2 N–H and O–H groups in total. The number of nitrogens with one attached hydrogen (secondary N) is 1. The summed E-state index contributed by atoms with van der Waals surface area (Å²) in [5.74, 6) is 0.252. The second-order valence-electron chi connectivity index (χ2n) is 8.49. The Labute approximate surface area is 207 Å². The van der Waals surface area contributed by atoms with Crippen LogP contribution >= 0.6 is 11.6 Å². The molecule has 1 amide bonds. The molecule has 0 saturated carbocycles. The van der Waals surface area contributed by atoms with Crippen molar-refractivity contribution in [2.75, 3.05) is 19.7 Å². The van der Waals surface area contributed by atoms with E-state index in [1.807, 2.05) is 42.5 Å². The van der Waals surface area contributed by atoms with Crippen LogP contribution in [0.2, 0.25) is 5.02 Å². The zero-order valence-corrected chi connectivity index (χ0v) is 19.6. The van der Waals surface area contributed by atoms with Gasteiger partial charge in [-0.25, -0.2) is 0 Å². The Bertz CT molecular complexity index is 1420. The molecule has 0 unspecified atom stereocenters. The number of aliphatic hydroxyl groups is 1. The lowest BCUT2D eigenvalue weighted by atomic mass is 10.0. The van der Waals surface area contributed by atoms with Crippen LogP contribution in [-0.4, -0.2) is 51.7 Å². The molecule has 35 heavy (non-hydrogen) atoms. The summed E-state index contributed by atoms with van der Waals surface area (Å²) in [5, 5.41) is 20.5. The maximum atomic E-state index is 11.7. The Hall–Kier alpha value is -3.86. The Morgan fingerprint density at radius 3 is 2.60 bits per heavy atom. The number of benzene rings is 2. The standard InChI is InChI=1S/C27H23ClN4O3/c28-20-4-1-17(2-5-20)24-14-22-23(31-24)7-10-30-27(22)18-3-6-25(19(13-18)15-29)35-21-8-11-32(12-9-21)26(34)16-33/h1-7,10,13-14,21,31,33H,8-9,11-12,16H2. The monoisotopic (exact) mass is 486 g/mol. The van der Waals surface area contributed by atoms with Crippen molar-refractivity contribution in [1.82, 2.24) is 14.9 Å². The second-order valence-corrected chi connectivity index (χ2v) is 8.93. The summed E-state index contributed by atoms with van der Waals surface area (Å²) in [6, 6.07) is 19.4. The topological polar surface area (TPSA) is 102 Å². The third-order valence-electron chi connectivity index (χ3n) is 6.30. The number of aromatic amines is 1. The third kappa shape index (κ3) is 4.72. The molecule has 1 fully saturated rings. The first kappa shape index (κ1) is 22.9. The van der Waals surface area contributed by atoms with Crippen LogP contribution in [-0.2, 0) is 4.79 Å². The minimum atomic E-state index is -0.477. The number of amides is 1. The molecule has 1 aliphatic heterocycles. The minimum Gasteiger partial charge on any atom is -0.489 e. The van der Waals surface area contributed by atoms with E-state index < -0.39 is 6.61 Å². The van der Waals surface area contributed by atoms with Gasteiger partial charge in [-0.3, -0.25) is 9.78 Å². The largest absolute Gasteiger partial charge is 0.489 e. The number of nitriles is 1. The van der Waals surface area contributed by atoms with E-state index in [9.17, 15) is 10.1 Å². The molecule has 7 nitrogen and oxygen atoms in total. The normalized spacial score (nSPS) is 14.1. The number of aromatic nitrogens is 2. The SMILES string of the molecule is N#Cc1cc(-c2nccc3[nH]c(-c4ccc(Cl)cc4)cc23)ccc1OC1CCN(C(=O)CO)CC1. The Kier molecular flexibility index (Phi) is 6.41. The van der Waals surface area contributed by atoms with Gasteiger partial charge in [0.1, 0.15) is 24.5 Å². The number of fused-ring (bicyclic) bond motifs is 1. The van der Waals surface area contributed by atoms with E-state index in [4.69, 9.17) is 21.4 Å². The van der Waals surface area contributed by atoms with E-state index in [2.05, 4.69) is 22.1 Å². The van der Waals surface area contributed by atoms with Gasteiger partial charge in [0.2, 0.25) is 5.91 Å². The van der Waals surface area contributed by atoms with E-state index in [1.54, 1.807) is 17.2 Å². The number of halogens is 1. The third-order valence-corrected chi connectivity index (χ3v) is 6.55. The second kappa shape index (κ2) is 9.79. The van der Waals surface area contributed by atoms with Crippen molar-refractivity contribution in [2.45, 2.75) is 18.9 Å². The van der Waals surface area contributed by atoms with Gasteiger partial charge in [-0.2, -0.15) is 5.26 Å². The highest BCUT2D eigenvalue weighted by atomic mass is 35.5. The number of nitrogens with zero attached hydrogens (tertiary/aromatic N) is 3. The number of aliphatic hydroxyl groups excluding tert-OH is 1. The number of hydrogen-bond acceptors (Lipinski definition) is 5. The summed E-state index contributed by atoms with van der Waals surface area (Å²) in [6.45, 7) is 0.577. The van der Waals surface area contributed by atoms with Crippen molar-refractivity contribution >= 4 is 28.4 Å². The summed E-state index contributed by atoms with van der Waals surface area (Å²) in [7, 11) is 0. The zero-order chi connectivity index (χ0) is 24.4. The molecular formula is C27H23ClN4O3. The molecule has 2 aromatic carbocycles. The fourth-order valence-electron chi connectivity index (χ4n) is 4.44. The number of ether oxygens (including phenoxy) is 1. The van der Waals surface area contributed by atoms with E-state index in [-0.39, 0.29) is 12.0 Å². The molecule has 3 heterocycles. The van der Waals surface area contributed by atoms with E-state index in [0.29, 0.717) is 42.3 Å². The number of pyridine rings is 1. The van der Waals surface area contributed by atoms with Gasteiger partial charge in [-0.05, 0) is 48.0 Å². The predicted molar refractivity (Wildman–Crippen MR) is 134 cm³/mol. The fourth-order valence-corrected chi connectivity index (χ4v) is 4.56. The minimum absolute atomic E-state index is 0.0937. The predicted octanol–water partition coefficient (Wildman–Crippen LogP) is 4.78. The van der Waals surface area contributed by atoms with Crippen LogP contribution in [0.15, 0.2) is 60.8 Å². The van der Waals surface area contributed by atoms with Crippen LogP contribution in [0, 0.1) is 11.3 Å². The van der Waals surface area contributed by atoms with Crippen molar-refractivity contribution in [3.8, 4) is 34.3 Å². The molecule has 0 aliphatic carbocycles. The van der Waals surface area contributed by atoms with E-state index in [1.165, 1.54) is 0 Å². The maximum Gasteiger partial charge on any atom is 0.248 e. The van der Waals surface area contributed by atoms with Crippen LogP contribution < -0.4 is 4.74 Å². The summed E-state index contributed by atoms with van der Waals surface area (Å²) < 4.78 is 6.13. The highest BCUT2D eigenvalue weighted by molar-refractivity contribution is 6.30. The Morgan fingerprint density at radius 2 is 1.89 bits per heavy atom. The molecule has 0 spiro atoms. The van der Waals surface area contributed by atoms with Gasteiger partial charge in [0, 0.05) is 59.3 Å². The summed E-state index contributed by atoms with van der Waals surface area (Å²) >= 11 is 6.03. The molecule has 2 aromatic heterocycles. The smallest absolute Gasteiger partial charge is 0.248 e. The number of hydrogen-bond donors (Lipinski definition) is 2. The van der Waals surface area contributed by atoms with Gasteiger partial charge >= 0.3 is 0 Å². The molecule has 1 aliphatic rings. The van der Waals surface area contributed by atoms with Crippen molar-refractivity contribution < 1.29 is 14.6 Å². The average molecular weight is 487 g/mol. The number of H-pyrrole nitrogens is 1. The highest BCUT2D eigenvalue weighted by Crippen LogP contribution is 2.34. The summed E-state index contributed by atoms with van der Waals surface area (Å²) in [4.78, 5) is 21.3. The molecule has 0 atom stereocenters. The quantitative estimate of drug-likeness (QED) is 0.422. The lowest BCUT2D eigenvalue weighted by Crippen LogP contribution is -2.42. The van der Waals surface area contributed by atoms with Crippen LogP contribution in [0.5, 0.6) is 5.75 Å². The van der Waals surface area contributed by atoms with Crippen molar-refractivity contribution in [2.24, 2.45) is 0 Å². The van der Waals surface area contributed by atoms with Crippen LogP contribution in [0.1, 0.15) is 18.4 Å². The van der Waals surface area contributed by atoms with Gasteiger partial charge in [-0.15, -0.1) is 0 Å². The number of likely N-dealkylation sites (tertiary alicyclic amines) is 1. The van der Waals surface area contributed by atoms with Gasteiger partial charge in [-0.1, -0.05) is 23.7 Å². The van der Waals surface area contributed by atoms with Crippen molar-refractivity contribution in [1.29, 1.82) is 5.26 Å². The number of carbonyl (C=O) groups is 1. The molecule has 8 heteroatoms. The zero-order valence-electron chi connectivity index (χ0n) is 18.9.